The molecule has 1 N–H and O–H groups in total. The lowest BCUT2D eigenvalue weighted by Gasteiger charge is -2.19. The van der Waals surface area contributed by atoms with Crippen LogP contribution in [0.1, 0.15) is 27.8 Å². The molecule has 0 unspecified atom stereocenters. The Balaban J connectivity index is 2.10. The van der Waals surface area contributed by atoms with E-state index in [1.54, 1.807) is 0 Å². The lowest BCUT2D eigenvalue weighted by molar-refractivity contribution is -0.145. The number of hydrogen-bond acceptors (Lipinski definition) is 3. The Morgan fingerprint density at radius 1 is 1.04 bits per heavy atom. The van der Waals surface area contributed by atoms with Crippen molar-refractivity contribution in [2.45, 2.75) is 38.9 Å². The monoisotopic (exact) mass is 393 g/mol. The molecule has 0 heterocycles. The van der Waals surface area contributed by atoms with Crippen LogP contribution < -0.4 is 5.32 Å². The van der Waals surface area contributed by atoms with Crippen LogP contribution in [-0.4, -0.2) is 25.0 Å². The zero-order chi connectivity index (χ0) is 20.9. The molecule has 0 saturated carbocycles. The van der Waals surface area contributed by atoms with E-state index in [1.807, 2.05) is 32.0 Å². The average Bonchev–Trinajstić information content (AvgIpc) is 2.63. The van der Waals surface area contributed by atoms with Gasteiger partial charge in [-0.1, -0.05) is 30.3 Å². The quantitative estimate of drug-likeness (QED) is 0.761. The second-order valence-electron chi connectivity index (χ2n) is 6.59. The van der Waals surface area contributed by atoms with Gasteiger partial charge in [0.2, 0.25) is 5.91 Å². The van der Waals surface area contributed by atoms with E-state index < -0.39 is 29.7 Å². The van der Waals surface area contributed by atoms with Gasteiger partial charge in [0, 0.05) is 6.42 Å². The topological polar surface area (TPSA) is 55.4 Å². The maximum atomic E-state index is 12.6. The molecule has 2 aromatic carbocycles. The van der Waals surface area contributed by atoms with E-state index in [2.05, 4.69) is 5.32 Å². The molecule has 0 aliphatic rings. The number of halogens is 3. The van der Waals surface area contributed by atoms with Gasteiger partial charge >= 0.3 is 12.1 Å². The molecule has 2 aromatic rings. The van der Waals surface area contributed by atoms with Gasteiger partial charge in [0.25, 0.3) is 0 Å². The van der Waals surface area contributed by atoms with Gasteiger partial charge < -0.3 is 10.1 Å². The molecule has 0 saturated heterocycles. The fourth-order valence-electron chi connectivity index (χ4n) is 2.95. The molecule has 150 valence electrons. The van der Waals surface area contributed by atoms with Crippen molar-refractivity contribution in [2.24, 2.45) is 0 Å². The van der Waals surface area contributed by atoms with Gasteiger partial charge in [-0.05, 0) is 48.2 Å². The predicted octanol–water partition coefficient (Wildman–Crippen LogP) is 3.77. The summed E-state index contributed by atoms with van der Waals surface area (Å²) in [6.07, 6.45) is -4.30. The number of amides is 1. The first kappa shape index (κ1) is 21.5. The van der Waals surface area contributed by atoms with Crippen molar-refractivity contribution in [3.05, 3.63) is 70.3 Å². The zero-order valence-electron chi connectivity index (χ0n) is 15.9. The predicted molar refractivity (Wildman–Crippen MR) is 98.7 cm³/mol. The van der Waals surface area contributed by atoms with Crippen molar-refractivity contribution in [1.82, 2.24) is 5.32 Å². The third-order valence-corrected chi connectivity index (χ3v) is 4.52. The van der Waals surface area contributed by atoms with Crippen LogP contribution in [-0.2, 0) is 33.3 Å². The molecule has 7 heteroatoms. The minimum atomic E-state index is -4.43. The number of rotatable bonds is 6. The van der Waals surface area contributed by atoms with Gasteiger partial charge in [-0.25, -0.2) is 4.79 Å². The molecule has 0 fully saturated rings. The molecule has 1 atom stereocenters. The molecule has 0 spiro atoms. The first-order valence-electron chi connectivity index (χ1n) is 8.70. The third-order valence-electron chi connectivity index (χ3n) is 4.52. The lowest BCUT2D eigenvalue weighted by atomic mass is 9.96. The number of methoxy groups -OCH3 is 1. The highest BCUT2D eigenvalue weighted by Gasteiger charge is 2.30. The Labute approximate surface area is 161 Å². The Bertz CT molecular complexity index is 825. The van der Waals surface area contributed by atoms with Crippen LogP contribution in [0.5, 0.6) is 0 Å². The number of carbonyl (C=O) groups is 2. The zero-order valence-corrected chi connectivity index (χ0v) is 15.9. The molecular formula is C21H22F3NO3. The number of carbonyl (C=O) groups excluding carboxylic acids is 2. The third kappa shape index (κ3) is 5.58. The van der Waals surface area contributed by atoms with Crippen molar-refractivity contribution < 1.29 is 27.5 Å². The summed E-state index contributed by atoms with van der Waals surface area (Å²) in [5.41, 5.74) is 2.56. The molecule has 0 aromatic heterocycles. The maximum absolute atomic E-state index is 12.6. The molecule has 1 amide bonds. The standard InChI is InChI=1S/C21H22F3NO3/c1-13-5-4-6-14(2)17(13)12-18(20(27)28-3)25-19(26)11-15-7-9-16(10-8-15)21(22,23)24/h4-10,18H,11-12H2,1-3H3,(H,25,26)/t18-/m1/s1. The fraction of sp³-hybridized carbons (Fsp3) is 0.333. The van der Waals surface area contributed by atoms with Crippen molar-refractivity contribution in [1.29, 1.82) is 0 Å². The normalized spacial score (nSPS) is 12.4. The molecule has 0 aliphatic heterocycles. The number of alkyl halides is 3. The maximum Gasteiger partial charge on any atom is 0.416 e. The average molecular weight is 393 g/mol. The summed E-state index contributed by atoms with van der Waals surface area (Å²) in [5.74, 6) is -1.05. The molecular weight excluding hydrogens is 371 g/mol. The van der Waals surface area contributed by atoms with E-state index in [0.29, 0.717) is 5.56 Å². The summed E-state index contributed by atoms with van der Waals surface area (Å²) in [6.45, 7) is 3.83. The van der Waals surface area contributed by atoms with E-state index in [0.717, 1.165) is 28.8 Å². The number of ether oxygens (including phenoxy) is 1. The summed E-state index contributed by atoms with van der Waals surface area (Å²) < 4.78 is 42.7. The van der Waals surface area contributed by atoms with Crippen LogP contribution in [0.25, 0.3) is 0 Å². The highest BCUT2D eigenvalue weighted by molar-refractivity contribution is 5.85. The number of aryl methyl sites for hydroxylation is 2. The summed E-state index contributed by atoms with van der Waals surface area (Å²) in [6, 6.07) is 9.22. The van der Waals surface area contributed by atoms with Gasteiger partial charge in [-0.3, -0.25) is 4.79 Å². The second-order valence-corrected chi connectivity index (χ2v) is 6.59. The minimum absolute atomic E-state index is 0.140. The number of nitrogens with one attached hydrogen (secondary N) is 1. The molecule has 0 aliphatic carbocycles. The highest BCUT2D eigenvalue weighted by atomic mass is 19.4. The summed E-state index contributed by atoms with van der Waals surface area (Å²) in [5, 5.41) is 2.63. The van der Waals surface area contributed by atoms with Gasteiger partial charge in [0.15, 0.2) is 0 Å². The van der Waals surface area contributed by atoms with Crippen LogP contribution >= 0.6 is 0 Å². The first-order valence-corrected chi connectivity index (χ1v) is 8.70. The number of esters is 1. The first-order chi connectivity index (χ1) is 13.1. The molecule has 28 heavy (non-hydrogen) atoms. The summed E-state index contributed by atoms with van der Waals surface area (Å²) >= 11 is 0. The largest absolute Gasteiger partial charge is 0.467 e. The van der Waals surface area contributed by atoms with Gasteiger partial charge in [-0.2, -0.15) is 13.2 Å². The van der Waals surface area contributed by atoms with Crippen LogP contribution in [0.2, 0.25) is 0 Å². The van der Waals surface area contributed by atoms with E-state index >= 15 is 0 Å². The van der Waals surface area contributed by atoms with Crippen molar-refractivity contribution in [2.75, 3.05) is 7.11 Å². The van der Waals surface area contributed by atoms with Gasteiger partial charge in [-0.15, -0.1) is 0 Å². The lowest BCUT2D eigenvalue weighted by Crippen LogP contribution is -2.44. The Morgan fingerprint density at radius 3 is 2.11 bits per heavy atom. The van der Waals surface area contributed by atoms with E-state index in [1.165, 1.54) is 19.2 Å². The van der Waals surface area contributed by atoms with Crippen LogP contribution in [0.4, 0.5) is 13.2 Å². The van der Waals surface area contributed by atoms with E-state index in [-0.39, 0.29) is 12.8 Å². The molecule has 0 bridgehead atoms. The van der Waals surface area contributed by atoms with Gasteiger partial charge in [0.05, 0.1) is 19.1 Å². The Kier molecular flexibility index (Phi) is 6.83. The molecule has 2 rings (SSSR count). The van der Waals surface area contributed by atoms with E-state index in [4.69, 9.17) is 4.74 Å². The SMILES string of the molecule is COC(=O)[C@@H](Cc1c(C)cccc1C)NC(=O)Cc1ccc(C(F)(F)F)cc1. The van der Waals surface area contributed by atoms with Crippen molar-refractivity contribution >= 4 is 11.9 Å². The molecule has 0 radical (unpaired) electrons. The van der Waals surface area contributed by atoms with E-state index in [9.17, 15) is 22.8 Å². The minimum Gasteiger partial charge on any atom is -0.467 e. The number of hydrogen-bond donors (Lipinski definition) is 1. The summed E-state index contributed by atoms with van der Waals surface area (Å²) in [4.78, 5) is 24.5. The van der Waals surface area contributed by atoms with Crippen molar-refractivity contribution in [3.63, 3.8) is 0 Å². The molecule has 4 nitrogen and oxygen atoms in total. The smallest absolute Gasteiger partial charge is 0.416 e. The second kappa shape index (κ2) is 8.91. The van der Waals surface area contributed by atoms with Crippen molar-refractivity contribution in [3.8, 4) is 0 Å². The highest BCUT2D eigenvalue weighted by Crippen LogP contribution is 2.29. The Hall–Kier alpha value is -2.83. The van der Waals surface area contributed by atoms with Gasteiger partial charge in [0.1, 0.15) is 6.04 Å². The van der Waals surface area contributed by atoms with Crippen LogP contribution in [0.15, 0.2) is 42.5 Å². The number of benzene rings is 2. The fourth-order valence-corrected chi connectivity index (χ4v) is 2.95. The van der Waals surface area contributed by atoms with Crippen LogP contribution in [0.3, 0.4) is 0 Å². The summed E-state index contributed by atoms with van der Waals surface area (Å²) in [7, 11) is 1.24. The Morgan fingerprint density at radius 2 is 1.61 bits per heavy atom. The van der Waals surface area contributed by atoms with Crippen LogP contribution in [0, 0.1) is 13.8 Å².